The molecule has 2 rings (SSSR count). The maximum Gasteiger partial charge on any atom is 0.253 e. The highest BCUT2D eigenvalue weighted by atomic mass is 35.5. The van der Waals surface area contributed by atoms with Crippen molar-refractivity contribution >= 4 is 23.4 Å². The number of carbonyl (C=O) groups excluding carboxylic acids is 2. The molecule has 0 aliphatic carbocycles. The van der Waals surface area contributed by atoms with Gasteiger partial charge in [-0.15, -0.1) is 0 Å². The summed E-state index contributed by atoms with van der Waals surface area (Å²) in [5, 5.41) is 3.38. The largest absolute Gasteiger partial charge is 0.492 e. The van der Waals surface area contributed by atoms with E-state index in [1.165, 1.54) is 6.92 Å². The molecule has 5 nitrogen and oxygen atoms in total. The van der Waals surface area contributed by atoms with Crippen LogP contribution < -0.4 is 10.1 Å². The molecular weight excluding hydrogens is 340 g/mol. The predicted molar refractivity (Wildman–Crippen MR) is 97.9 cm³/mol. The maximum atomic E-state index is 12.4. The van der Waals surface area contributed by atoms with E-state index in [1.807, 2.05) is 12.1 Å². The van der Waals surface area contributed by atoms with Gasteiger partial charge in [0.25, 0.3) is 5.91 Å². The molecule has 132 valence electrons. The molecule has 0 saturated carbocycles. The first-order valence-electron chi connectivity index (χ1n) is 7.93. The van der Waals surface area contributed by atoms with E-state index in [2.05, 4.69) is 5.32 Å². The average molecular weight is 361 g/mol. The summed E-state index contributed by atoms with van der Waals surface area (Å²) in [6.07, 6.45) is 0. The molecule has 0 spiro atoms. The van der Waals surface area contributed by atoms with Gasteiger partial charge in [-0.3, -0.25) is 9.59 Å². The van der Waals surface area contributed by atoms with E-state index in [0.717, 1.165) is 5.56 Å². The Bertz CT molecular complexity index is 714. The number of amides is 2. The van der Waals surface area contributed by atoms with Gasteiger partial charge in [-0.2, -0.15) is 0 Å². The molecule has 0 unspecified atom stereocenters. The molecule has 0 saturated heterocycles. The summed E-state index contributed by atoms with van der Waals surface area (Å²) in [6.45, 7) is 2.78. The Kier molecular flexibility index (Phi) is 6.83. The van der Waals surface area contributed by atoms with Crippen molar-refractivity contribution in [1.82, 2.24) is 10.2 Å². The first-order valence-corrected chi connectivity index (χ1v) is 8.30. The summed E-state index contributed by atoms with van der Waals surface area (Å²) in [7, 11) is 1.73. The van der Waals surface area contributed by atoms with Crippen molar-refractivity contribution in [2.45, 2.75) is 13.5 Å². The summed E-state index contributed by atoms with van der Waals surface area (Å²) >= 11 is 5.82. The number of rotatable bonds is 7. The monoisotopic (exact) mass is 360 g/mol. The fourth-order valence-corrected chi connectivity index (χ4v) is 2.27. The molecule has 1 N–H and O–H groups in total. The number of halogens is 1. The minimum absolute atomic E-state index is 0.0780. The Morgan fingerprint density at radius 2 is 1.72 bits per heavy atom. The molecule has 0 heterocycles. The van der Waals surface area contributed by atoms with Crippen molar-refractivity contribution in [2.24, 2.45) is 0 Å². The van der Waals surface area contributed by atoms with Crippen LogP contribution in [-0.4, -0.2) is 36.9 Å². The number of ether oxygens (including phenoxy) is 1. The summed E-state index contributed by atoms with van der Waals surface area (Å²) in [6, 6.07) is 14.3. The Labute approximate surface area is 152 Å². The highest BCUT2D eigenvalue weighted by Crippen LogP contribution is 2.15. The minimum Gasteiger partial charge on any atom is -0.492 e. The molecule has 25 heavy (non-hydrogen) atoms. The fourth-order valence-electron chi connectivity index (χ4n) is 2.14. The van der Waals surface area contributed by atoms with E-state index < -0.39 is 0 Å². The third-order valence-corrected chi connectivity index (χ3v) is 3.85. The van der Waals surface area contributed by atoms with Crippen molar-refractivity contribution in [2.75, 3.05) is 20.2 Å². The molecule has 0 radical (unpaired) electrons. The summed E-state index contributed by atoms with van der Waals surface area (Å²) in [4.78, 5) is 24.9. The first-order chi connectivity index (χ1) is 12.0. The van der Waals surface area contributed by atoms with Crippen LogP contribution in [0, 0.1) is 0 Å². The number of nitrogens with one attached hydrogen (secondary N) is 1. The van der Waals surface area contributed by atoms with Gasteiger partial charge in [0.1, 0.15) is 12.4 Å². The van der Waals surface area contributed by atoms with Gasteiger partial charge < -0.3 is 15.0 Å². The zero-order valence-electron chi connectivity index (χ0n) is 14.3. The highest BCUT2D eigenvalue weighted by Gasteiger charge is 2.11. The lowest BCUT2D eigenvalue weighted by molar-refractivity contribution is -0.119. The van der Waals surface area contributed by atoms with Gasteiger partial charge >= 0.3 is 0 Å². The third-order valence-electron chi connectivity index (χ3n) is 3.60. The van der Waals surface area contributed by atoms with Crippen LogP contribution >= 0.6 is 11.6 Å². The Morgan fingerprint density at radius 1 is 1.08 bits per heavy atom. The van der Waals surface area contributed by atoms with Crippen molar-refractivity contribution < 1.29 is 14.3 Å². The second kappa shape index (κ2) is 9.08. The van der Waals surface area contributed by atoms with Gasteiger partial charge in [-0.05, 0) is 42.0 Å². The van der Waals surface area contributed by atoms with E-state index in [0.29, 0.717) is 36.0 Å². The lowest BCUT2D eigenvalue weighted by Crippen LogP contribution is -2.30. The van der Waals surface area contributed by atoms with Crippen LogP contribution in [0.15, 0.2) is 48.5 Å². The fraction of sp³-hybridized carbons (Fsp3) is 0.263. The molecule has 2 aromatic rings. The molecular formula is C19H21ClN2O3. The Balaban J connectivity index is 1.82. The molecule has 2 amide bonds. The van der Waals surface area contributed by atoms with E-state index >= 15 is 0 Å². The van der Waals surface area contributed by atoms with Gasteiger partial charge in [0.2, 0.25) is 5.91 Å². The SMILES string of the molecule is CC(=O)NCc1ccc(C(=O)N(C)CCOc2ccc(Cl)cc2)cc1. The zero-order chi connectivity index (χ0) is 18.2. The molecule has 0 aliphatic heterocycles. The van der Waals surface area contributed by atoms with Crippen LogP contribution in [0.4, 0.5) is 0 Å². The van der Waals surface area contributed by atoms with Gasteiger partial charge in [0, 0.05) is 31.1 Å². The van der Waals surface area contributed by atoms with Crippen molar-refractivity contribution in [3.63, 3.8) is 0 Å². The molecule has 0 atom stereocenters. The highest BCUT2D eigenvalue weighted by molar-refractivity contribution is 6.30. The lowest BCUT2D eigenvalue weighted by Gasteiger charge is -2.18. The van der Waals surface area contributed by atoms with Crippen LogP contribution in [0.3, 0.4) is 0 Å². The molecule has 0 aromatic heterocycles. The maximum absolute atomic E-state index is 12.4. The predicted octanol–water partition coefficient (Wildman–Crippen LogP) is 3.13. The number of benzene rings is 2. The van der Waals surface area contributed by atoms with E-state index in [9.17, 15) is 9.59 Å². The average Bonchev–Trinajstić information content (AvgIpc) is 2.61. The Morgan fingerprint density at radius 3 is 2.32 bits per heavy atom. The van der Waals surface area contributed by atoms with Crippen LogP contribution in [0.25, 0.3) is 0 Å². The quantitative estimate of drug-likeness (QED) is 0.825. The van der Waals surface area contributed by atoms with Crippen LogP contribution in [0.5, 0.6) is 5.75 Å². The Hall–Kier alpha value is -2.53. The van der Waals surface area contributed by atoms with Crippen LogP contribution in [-0.2, 0) is 11.3 Å². The topological polar surface area (TPSA) is 58.6 Å². The van der Waals surface area contributed by atoms with Crippen molar-refractivity contribution in [3.8, 4) is 5.75 Å². The molecule has 2 aromatic carbocycles. The smallest absolute Gasteiger partial charge is 0.253 e. The van der Waals surface area contributed by atoms with Crippen LogP contribution in [0.2, 0.25) is 5.02 Å². The second-order valence-electron chi connectivity index (χ2n) is 5.64. The molecule has 0 aliphatic rings. The van der Waals surface area contributed by atoms with E-state index in [-0.39, 0.29) is 11.8 Å². The minimum atomic E-state index is -0.0828. The molecule has 6 heteroatoms. The number of likely N-dealkylation sites (N-methyl/N-ethyl adjacent to an activating group) is 1. The van der Waals surface area contributed by atoms with E-state index in [4.69, 9.17) is 16.3 Å². The summed E-state index contributed by atoms with van der Waals surface area (Å²) < 4.78 is 5.60. The summed E-state index contributed by atoms with van der Waals surface area (Å²) in [5.74, 6) is 0.555. The summed E-state index contributed by atoms with van der Waals surface area (Å²) in [5.41, 5.74) is 1.54. The van der Waals surface area contributed by atoms with Gasteiger partial charge in [-0.25, -0.2) is 0 Å². The number of hydrogen-bond donors (Lipinski definition) is 1. The van der Waals surface area contributed by atoms with Crippen molar-refractivity contribution in [1.29, 1.82) is 0 Å². The van der Waals surface area contributed by atoms with E-state index in [1.54, 1.807) is 48.3 Å². The van der Waals surface area contributed by atoms with Gasteiger partial charge in [0.15, 0.2) is 0 Å². The van der Waals surface area contributed by atoms with Gasteiger partial charge in [-0.1, -0.05) is 23.7 Å². The number of carbonyl (C=O) groups is 2. The standard InChI is InChI=1S/C19H21ClN2O3/c1-14(23)21-13-15-3-5-16(6-4-15)19(24)22(2)11-12-25-18-9-7-17(20)8-10-18/h3-10H,11-13H2,1-2H3,(H,21,23). The number of hydrogen-bond acceptors (Lipinski definition) is 3. The second-order valence-corrected chi connectivity index (χ2v) is 6.07. The third kappa shape index (κ3) is 6.12. The normalized spacial score (nSPS) is 10.2. The zero-order valence-corrected chi connectivity index (χ0v) is 15.0. The number of nitrogens with zero attached hydrogens (tertiary/aromatic N) is 1. The lowest BCUT2D eigenvalue weighted by atomic mass is 10.1. The van der Waals surface area contributed by atoms with Gasteiger partial charge in [0.05, 0.1) is 6.54 Å². The van der Waals surface area contributed by atoms with Crippen LogP contribution in [0.1, 0.15) is 22.8 Å². The molecule has 0 bridgehead atoms. The molecule has 0 fully saturated rings. The first kappa shape index (κ1) is 18.8. The van der Waals surface area contributed by atoms with Crippen molar-refractivity contribution in [3.05, 3.63) is 64.7 Å².